The molecular weight excluding hydrogens is 457 g/mol. The van der Waals surface area contributed by atoms with E-state index in [1.165, 1.54) is 19.2 Å². The van der Waals surface area contributed by atoms with E-state index in [-0.39, 0.29) is 23.7 Å². The highest BCUT2D eigenvalue weighted by Gasteiger charge is 2.38. The molecule has 0 saturated carbocycles. The van der Waals surface area contributed by atoms with E-state index in [2.05, 4.69) is 10.3 Å². The molecule has 0 bridgehead atoms. The molecule has 0 spiro atoms. The fourth-order valence-electron chi connectivity index (χ4n) is 4.81. The van der Waals surface area contributed by atoms with E-state index < -0.39 is 17.8 Å². The van der Waals surface area contributed by atoms with E-state index in [4.69, 9.17) is 0 Å². The number of hydrogen-bond acceptors (Lipinski definition) is 4. The van der Waals surface area contributed by atoms with E-state index in [1.807, 2.05) is 31.2 Å². The second kappa shape index (κ2) is 9.93. The first kappa shape index (κ1) is 24.5. The quantitative estimate of drug-likeness (QED) is 0.511. The molecule has 4 rings (SSSR count). The van der Waals surface area contributed by atoms with Crippen LogP contribution < -0.4 is 10.2 Å². The highest BCUT2D eigenvalue weighted by molar-refractivity contribution is 5.87. The van der Waals surface area contributed by atoms with Gasteiger partial charge in [0.05, 0.1) is 28.9 Å². The fourth-order valence-corrected chi connectivity index (χ4v) is 4.81. The van der Waals surface area contributed by atoms with Crippen LogP contribution in [0.25, 0.3) is 10.9 Å². The number of piperidine rings is 1. The van der Waals surface area contributed by atoms with Crippen LogP contribution in [0.5, 0.6) is 0 Å². The molecule has 1 aliphatic heterocycles. The third-order valence-electron chi connectivity index (χ3n) is 6.50. The first-order valence-electron chi connectivity index (χ1n) is 11.5. The summed E-state index contributed by atoms with van der Waals surface area (Å²) >= 11 is 0. The Morgan fingerprint density at radius 3 is 2.60 bits per heavy atom. The van der Waals surface area contributed by atoms with E-state index in [0.717, 1.165) is 33.0 Å². The van der Waals surface area contributed by atoms with Crippen LogP contribution in [0, 0.1) is 6.92 Å². The van der Waals surface area contributed by atoms with Crippen molar-refractivity contribution < 1.29 is 22.8 Å². The maximum absolute atomic E-state index is 13.7. The first-order valence-corrected chi connectivity index (χ1v) is 11.5. The zero-order valence-electron chi connectivity index (χ0n) is 19.6. The number of hydrogen-bond donors (Lipinski definition) is 1. The second-order valence-electron chi connectivity index (χ2n) is 8.74. The molecule has 184 valence electrons. The summed E-state index contributed by atoms with van der Waals surface area (Å²) in [5, 5.41) is 3.74. The zero-order chi connectivity index (χ0) is 25.2. The maximum Gasteiger partial charge on any atom is 0.418 e. The van der Waals surface area contributed by atoms with Crippen molar-refractivity contribution >= 4 is 34.6 Å². The SMILES string of the molecule is CNc1cccc(C(F)(F)F)c1N(C=O)C1CCN(C(=O)Cc2cc(C)c3ncccc3c2)CC1. The summed E-state index contributed by atoms with van der Waals surface area (Å²) in [4.78, 5) is 32.2. The van der Waals surface area contributed by atoms with Gasteiger partial charge in [-0.15, -0.1) is 0 Å². The maximum atomic E-state index is 13.7. The Morgan fingerprint density at radius 1 is 1.20 bits per heavy atom. The predicted molar refractivity (Wildman–Crippen MR) is 129 cm³/mol. The van der Waals surface area contributed by atoms with E-state index in [1.54, 1.807) is 11.1 Å². The van der Waals surface area contributed by atoms with E-state index in [0.29, 0.717) is 32.3 Å². The number of alkyl halides is 3. The third-order valence-corrected chi connectivity index (χ3v) is 6.50. The number of nitrogens with zero attached hydrogens (tertiary/aromatic N) is 3. The highest BCUT2D eigenvalue weighted by atomic mass is 19.4. The zero-order valence-corrected chi connectivity index (χ0v) is 19.6. The number of amides is 2. The number of para-hydroxylation sites is 1. The lowest BCUT2D eigenvalue weighted by molar-refractivity contribution is -0.137. The summed E-state index contributed by atoms with van der Waals surface area (Å²) < 4.78 is 41.1. The van der Waals surface area contributed by atoms with Crippen LogP contribution in [0.15, 0.2) is 48.7 Å². The number of nitrogens with one attached hydrogen (secondary N) is 1. The summed E-state index contributed by atoms with van der Waals surface area (Å²) in [6.07, 6.45) is -1.40. The van der Waals surface area contributed by atoms with E-state index in [9.17, 15) is 22.8 Å². The number of pyridine rings is 1. The second-order valence-corrected chi connectivity index (χ2v) is 8.74. The molecule has 1 saturated heterocycles. The Balaban J connectivity index is 1.48. The van der Waals surface area contributed by atoms with Crippen LogP contribution in [-0.4, -0.2) is 48.4 Å². The van der Waals surface area contributed by atoms with E-state index >= 15 is 0 Å². The van der Waals surface area contributed by atoms with Crippen molar-refractivity contribution in [1.82, 2.24) is 9.88 Å². The van der Waals surface area contributed by atoms with Crippen molar-refractivity contribution in [1.29, 1.82) is 0 Å². The number of carbonyl (C=O) groups excluding carboxylic acids is 2. The topological polar surface area (TPSA) is 65.5 Å². The van der Waals surface area contributed by atoms with Gasteiger partial charge in [-0.2, -0.15) is 13.2 Å². The lowest BCUT2D eigenvalue weighted by atomic mass is 9.99. The minimum Gasteiger partial charge on any atom is -0.386 e. The highest BCUT2D eigenvalue weighted by Crippen LogP contribution is 2.42. The van der Waals surface area contributed by atoms with Crippen LogP contribution in [0.4, 0.5) is 24.5 Å². The molecule has 6 nitrogen and oxygen atoms in total. The molecule has 3 aromatic rings. The lowest BCUT2D eigenvalue weighted by Crippen LogP contribution is -2.47. The predicted octanol–water partition coefficient (Wildman–Crippen LogP) is 4.80. The minimum atomic E-state index is -4.60. The van der Waals surface area contributed by atoms with Crippen molar-refractivity contribution in [3.05, 3.63) is 65.4 Å². The summed E-state index contributed by atoms with van der Waals surface area (Å²) in [6.45, 7) is 2.69. The number of carbonyl (C=O) groups is 2. The van der Waals surface area contributed by atoms with Crippen LogP contribution in [0.1, 0.15) is 29.5 Å². The van der Waals surface area contributed by atoms with Gasteiger partial charge in [0.2, 0.25) is 12.3 Å². The minimum absolute atomic E-state index is 0.0460. The Labute approximate surface area is 201 Å². The smallest absolute Gasteiger partial charge is 0.386 e. The van der Waals surface area contributed by atoms with Crippen LogP contribution in [0.3, 0.4) is 0 Å². The van der Waals surface area contributed by atoms with Gasteiger partial charge in [-0.05, 0) is 55.2 Å². The van der Waals surface area contributed by atoms with Crippen LogP contribution in [-0.2, 0) is 22.2 Å². The summed E-state index contributed by atoms with van der Waals surface area (Å²) in [5.41, 5.74) is 1.97. The van der Waals surface area contributed by atoms with Crippen LogP contribution >= 0.6 is 0 Å². The summed E-state index contributed by atoms with van der Waals surface area (Å²) in [7, 11) is 1.52. The van der Waals surface area contributed by atoms with Gasteiger partial charge in [0.15, 0.2) is 0 Å². The molecule has 1 N–H and O–H groups in total. The molecule has 35 heavy (non-hydrogen) atoms. The Bertz CT molecular complexity index is 1240. The molecule has 2 aromatic carbocycles. The van der Waals surface area contributed by atoms with Gasteiger partial charge in [0, 0.05) is 37.8 Å². The molecule has 0 atom stereocenters. The van der Waals surface area contributed by atoms with Crippen molar-refractivity contribution in [2.45, 2.75) is 38.4 Å². The molecule has 2 heterocycles. The Morgan fingerprint density at radius 2 is 1.94 bits per heavy atom. The molecular formula is C26H27F3N4O2. The number of anilines is 2. The number of fused-ring (bicyclic) bond motifs is 1. The van der Waals surface area contributed by atoms with Gasteiger partial charge in [-0.25, -0.2) is 0 Å². The number of likely N-dealkylation sites (tertiary alicyclic amines) is 1. The van der Waals surface area contributed by atoms with Crippen LogP contribution in [0.2, 0.25) is 0 Å². The monoisotopic (exact) mass is 484 g/mol. The van der Waals surface area contributed by atoms with Gasteiger partial charge in [0.25, 0.3) is 0 Å². The molecule has 0 unspecified atom stereocenters. The average Bonchev–Trinajstić information content (AvgIpc) is 2.84. The number of benzene rings is 2. The number of aromatic nitrogens is 1. The first-order chi connectivity index (χ1) is 16.7. The molecule has 1 aromatic heterocycles. The standard InChI is InChI=1S/C26H27F3N4O2/c1-17-13-18(14-19-5-4-10-31-24(17)19)15-23(35)32-11-8-20(9-12-32)33(16-34)25-21(26(27,28)29)6-3-7-22(25)30-2/h3-7,10,13-14,16,20,30H,8-9,11-12,15H2,1-2H3. The molecule has 9 heteroatoms. The largest absolute Gasteiger partial charge is 0.418 e. The Hall–Kier alpha value is -3.62. The van der Waals surface area contributed by atoms with Gasteiger partial charge < -0.3 is 15.1 Å². The number of rotatable bonds is 6. The lowest BCUT2D eigenvalue weighted by Gasteiger charge is -2.38. The molecule has 1 fully saturated rings. The fraction of sp³-hybridized carbons (Fsp3) is 0.346. The van der Waals surface area contributed by atoms with Gasteiger partial charge in [-0.1, -0.05) is 18.2 Å². The van der Waals surface area contributed by atoms with Gasteiger partial charge in [-0.3, -0.25) is 14.6 Å². The van der Waals surface area contributed by atoms with Crippen molar-refractivity contribution in [3.8, 4) is 0 Å². The Kier molecular flexibility index (Phi) is 6.95. The summed E-state index contributed by atoms with van der Waals surface area (Å²) in [5.74, 6) is -0.0460. The molecule has 2 amide bonds. The van der Waals surface area contributed by atoms with Crippen molar-refractivity contribution in [3.63, 3.8) is 0 Å². The van der Waals surface area contributed by atoms with Gasteiger partial charge in [0.1, 0.15) is 0 Å². The number of aryl methyl sites for hydroxylation is 1. The normalized spacial score (nSPS) is 14.7. The molecule has 1 aliphatic rings. The summed E-state index contributed by atoms with van der Waals surface area (Å²) in [6, 6.07) is 11.1. The van der Waals surface area contributed by atoms with Gasteiger partial charge >= 0.3 is 6.18 Å². The molecule has 0 radical (unpaired) electrons. The van der Waals surface area contributed by atoms with Crippen molar-refractivity contribution in [2.24, 2.45) is 0 Å². The third kappa shape index (κ3) is 5.08. The average molecular weight is 485 g/mol. The molecule has 0 aliphatic carbocycles. The van der Waals surface area contributed by atoms with Crippen molar-refractivity contribution in [2.75, 3.05) is 30.4 Å². The number of halogens is 3.